The summed E-state index contributed by atoms with van der Waals surface area (Å²) < 4.78 is 5.23. The summed E-state index contributed by atoms with van der Waals surface area (Å²) in [7, 11) is 0. The highest BCUT2D eigenvalue weighted by Crippen LogP contribution is 2.23. The molecule has 0 bridgehead atoms. The standard InChI is InChI=1S/C14H18N2O3/c1-14(2,3)19-13(18)16-7-6-9-4-5-10(15)8-11(9)12(16)17/h4-5,8H,6-7,15H2,1-3H3. The van der Waals surface area contributed by atoms with Crippen molar-refractivity contribution in [2.75, 3.05) is 12.3 Å². The average molecular weight is 262 g/mol. The fourth-order valence-corrected chi connectivity index (χ4v) is 1.98. The summed E-state index contributed by atoms with van der Waals surface area (Å²) in [5.41, 5.74) is 6.97. The number of ether oxygens (including phenoxy) is 1. The number of carbonyl (C=O) groups is 2. The van der Waals surface area contributed by atoms with Crippen molar-refractivity contribution in [3.05, 3.63) is 29.3 Å². The minimum Gasteiger partial charge on any atom is -0.443 e. The van der Waals surface area contributed by atoms with Crippen LogP contribution >= 0.6 is 0 Å². The Bertz CT molecular complexity index is 532. The maximum absolute atomic E-state index is 12.3. The van der Waals surface area contributed by atoms with Gasteiger partial charge in [-0.15, -0.1) is 0 Å². The van der Waals surface area contributed by atoms with Crippen LogP contribution in [0.2, 0.25) is 0 Å². The first-order chi connectivity index (χ1) is 8.78. The van der Waals surface area contributed by atoms with Gasteiger partial charge in [-0.3, -0.25) is 4.79 Å². The maximum Gasteiger partial charge on any atom is 0.417 e. The van der Waals surface area contributed by atoms with Gasteiger partial charge in [-0.1, -0.05) is 6.07 Å². The Hall–Kier alpha value is -2.04. The van der Waals surface area contributed by atoms with Crippen molar-refractivity contribution in [3.8, 4) is 0 Å². The van der Waals surface area contributed by atoms with E-state index in [9.17, 15) is 9.59 Å². The molecule has 0 saturated carbocycles. The van der Waals surface area contributed by atoms with Crippen LogP contribution in [0.25, 0.3) is 0 Å². The largest absolute Gasteiger partial charge is 0.443 e. The van der Waals surface area contributed by atoms with Gasteiger partial charge in [0.15, 0.2) is 0 Å². The number of nitrogen functional groups attached to an aromatic ring is 1. The van der Waals surface area contributed by atoms with Crippen LogP contribution in [0.15, 0.2) is 18.2 Å². The van der Waals surface area contributed by atoms with Gasteiger partial charge in [-0.2, -0.15) is 0 Å². The van der Waals surface area contributed by atoms with E-state index in [-0.39, 0.29) is 5.91 Å². The molecule has 0 aromatic heterocycles. The predicted octanol–water partition coefficient (Wildman–Crippen LogP) is 2.20. The molecule has 1 aromatic carbocycles. The van der Waals surface area contributed by atoms with E-state index < -0.39 is 11.7 Å². The molecule has 0 spiro atoms. The smallest absolute Gasteiger partial charge is 0.417 e. The Balaban J connectivity index is 2.24. The molecule has 0 atom stereocenters. The molecule has 0 unspecified atom stereocenters. The quantitative estimate of drug-likeness (QED) is 0.727. The second kappa shape index (κ2) is 4.57. The highest BCUT2D eigenvalue weighted by atomic mass is 16.6. The predicted molar refractivity (Wildman–Crippen MR) is 71.8 cm³/mol. The number of hydrogen-bond donors (Lipinski definition) is 1. The normalized spacial score (nSPS) is 15.1. The van der Waals surface area contributed by atoms with Gasteiger partial charge in [0.1, 0.15) is 5.60 Å². The van der Waals surface area contributed by atoms with Crippen LogP contribution in [0.5, 0.6) is 0 Å². The second-order valence-corrected chi connectivity index (χ2v) is 5.60. The Kier molecular flexibility index (Phi) is 3.22. The summed E-state index contributed by atoms with van der Waals surface area (Å²) in [5.74, 6) is -0.345. The first-order valence-electron chi connectivity index (χ1n) is 6.21. The molecule has 2 N–H and O–H groups in total. The Morgan fingerprint density at radius 3 is 2.68 bits per heavy atom. The van der Waals surface area contributed by atoms with E-state index in [0.717, 1.165) is 10.5 Å². The highest BCUT2D eigenvalue weighted by Gasteiger charge is 2.32. The number of nitrogens with two attached hydrogens (primary N) is 1. The lowest BCUT2D eigenvalue weighted by Gasteiger charge is -2.29. The molecule has 2 amide bonds. The van der Waals surface area contributed by atoms with Crippen LogP contribution in [0.3, 0.4) is 0 Å². The number of hydrogen-bond acceptors (Lipinski definition) is 4. The van der Waals surface area contributed by atoms with Crippen molar-refractivity contribution in [1.82, 2.24) is 4.90 Å². The highest BCUT2D eigenvalue weighted by molar-refractivity contribution is 6.05. The molecule has 0 aliphatic carbocycles. The number of carbonyl (C=O) groups excluding carboxylic acids is 2. The van der Waals surface area contributed by atoms with Crippen molar-refractivity contribution < 1.29 is 14.3 Å². The van der Waals surface area contributed by atoms with Gasteiger partial charge < -0.3 is 10.5 Å². The number of nitrogens with zero attached hydrogens (tertiary/aromatic N) is 1. The van der Waals surface area contributed by atoms with Crippen molar-refractivity contribution in [2.24, 2.45) is 0 Å². The van der Waals surface area contributed by atoms with E-state index in [1.165, 1.54) is 0 Å². The van der Waals surface area contributed by atoms with Gasteiger partial charge >= 0.3 is 6.09 Å². The zero-order valence-corrected chi connectivity index (χ0v) is 11.4. The Labute approximate surface area is 112 Å². The SMILES string of the molecule is CC(C)(C)OC(=O)N1CCc2ccc(N)cc2C1=O. The van der Waals surface area contributed by atoms with Crippen LogP contribution < -0.4 is 5.73 Å². The molecule has 5 nitrogen and oxygen atoms in total. The number of anilines is 1. The van der Waals surface area contributed by atoms with Crippen molar-refractivity contribution in [2.45, 2.75) is 32.8 Å². The molecular formula is C14H18N2O3. The molecule has 1 aromatic rings. The maximum atomic E-state index is 12.3. The molecular weight excluding hydrogens is 244 g/mol. The van der Waals surface area contributed by atoms with Gasteiger partial charge in [-0.05, 0) is 44.9 Å². The summed E-state index contributed by atoms with van der Waals surface area (Å²) in [6.07, 6.45) is 0.0196. The molecule has 1 aliphatic heterocycles. The molecule has 0 fully saturated rings. The number of benzene rings is 1. The van der Waals surface area contributed by atoms with Gasteiger partial charge in [0.05, 0.1) is 0 Å². The van der Waals surface area contributed by atoms with E-state index in [2.05, 4.69) is 0 Å². The molecule has 2 rings (SSSR count). The lowest BCUT2D eigenvalue weighted by Crippen LogP contribution is -2.44. The molecule has 5 heteroatoms. The molecule has 1 heterocycles. The summed E-state index contributed by atoms with van der Waals surface area (Å²) >= 11 is 0. The van der Waals surface area contributed by atoms with Gasteiger partial charge in [0.25, 0.3) is 5.91 Å². The van der Waals surface area contributed by atoms with Gasteiger partial charge in [0, 0.05) is 17.8 Å². The van der Waals surface area contributed by atoms with E-state index in [4.69, 9.17) is 10.5 Å². The van der Waals surface area contributed by atoms with Crippen molar-refractivity contribution in [3.63, 3.8) is 0 Å². The van der Waals surface area contributed by atoms with E-state index >= 15 is 0 Å². The zero-order chi connectivity index (χ0) is 14.2. The minimum atomic E-state index is -0.618. The first-order valence-corrected chi connectivity index (χ1v) is 6.21. The molecule has 19 heavy (non-hydrogen) atoms. The summed E-state index contributed by atoms with van der Waals surface area (Å²) in [6, 6.07) is 5.19. The van der Waals surface area contributed by atoms with Gasteiger partial charge in [-0.25, -0.2) is 9.69 Å². The second-order valence-electron chi connectivity index (χ2n) is 5.60. The number of amides is 2. The van der Waals surface area contributed by atoms with Crippen LogP contribution in [-0.2, 0) is 11.2 Å². The van der Waals surface area contributed by atoms with E-state index in [1.54, 1.807) is 32.9 Å². The first kappa shape index (κ1) is 13.4. The monoisotopic (exact) mass is 262 g/mol. The topological polar surface area (TPSA) is 72.6 Å². The molecule has 102 valence electrons. The van der Waals surface area contributed by atoms with Crippen LogP contribution in [0.1, 0.15) is 36.7 Å². The number of rotatable bonds is 0. The molecule has 0 radical (unpaired) electrons. The van der Waals surface area contributed by atoms with Crippen LogP contribution in [-0.4, -0.2) is 29.0 Å². The van der Waals surface area contributed by atoms with Crippen LogP contribution in [0.4, 0.5) is 10.5 Å². The van der Waals surface area contributed by atoms with Crippen LogP contribution in [0, 0.1) is 0 Å². The summed E-state index contributed by atoms with van der Waals surface area (Å²) in [5, 5.41) is 0. The third-order valence-corrected chi connectivity index (χ3v) is 2.83. The molecule has 1 aliphatic rings. The third-order valence-electron chi connectivity index (χ3n) is 2.83. The summed E-state index contributed by atoms with van der Waals surface area (Å²) in [4.78, 5) is 25.4. The third kappa shape index (κ3) is 2.86. The number of imide groups is 1. The summed E-state index contributed by atoms with van der Waals surface area (Å²) in [6.45, 7) is 5.65. The lowest BCUT2D eigenvalue weighted by molar-refractivity contribution is 0.0233. The van der Waals surface area contributed by atoms with Gasteiger partial charge in [0.2, 0.25) is 0 Å². The van der Waals surface area contributed by atoms with E-state index in [0.29, 0.717) is 24.2 Å². The van der Waals surface area contributed by atoms with E-state index in [1.807, 2.05) is 6.07 Å². The molecule has 0 saturated heterocycles. The lowest BCUT2D eigenvalue weighted by atomic mass is 9.99. The fraction of sp³-hybridized carbons (Fsp3) is 0.429. The Morgan fingerprint density at radius 2 is 2.05 bits per heavy atom. The Morgan fingerprint density at radius 1 is 1.37 bits per heavy atom. The fourth-order valence-electron chi connectivity index (χ4n) is 1.98. The number of fused-ring (bicyclic) bond motifs is 1. The minimum absolute atomic E-state index is 0.338. The zero-order valence-electron chi connectivity index (χ0n) is 11.4. The average Bonchev–Trinajstić information content (AvgIpc) is 2.28. The van der Waals surface area contributed by atoms with Crippen molar-refractivity contribution >= 4 is 17.7 Å². The van der Waals surface area contributed by atoms with Crippen molar-refractivity contribution in [1.29, 1.82) is 0 Å².